The zero-order chi connectivity index (χ0) is 15.1. The lowest BCUT2D eigenvalue weighted by Gasteiger charge is -2.34. The van der Waals surface area contributed by atoms with Gasteiger partial charge < -0.3 is 10.1 Å². The van der Waals surface area contributed by atoms with E-state index in [2.05, 4.69) is 46.0 Å². The zero-order valence-corrected chi connectivity index (χ0v) is 14.1. The maximum absolute atomic E-state index is 6.29. The number of ether oxygens (including phenoxy) is 1. The van der Waals surface area contributed by atoms with Gasteiger partial charge in [0.2, 0.25) is 0 Å². The molecule has 0 saturated carbocycles. The topological polar surface area (TPSA) is 21.3 Å². The molecular weight excluding hydrogens is 270 g/mol. The molecule has 2 unspecified atom stereocenters. The summed E-state index contributed by atoms with van der Waals surface area (Å²) in [6.07, 6.45) is 1.04. The van der Waals surface area contributed by atoms with Crippen LogP contribution >= 0.6 is 11.6 Å². The van der Waals surface area contributed by atoms with Crippen molar-refractivity contribution in [2.75, 3.05) is 7.05 Å². The molecule has 1 aliphatic heterocycles. The average Bonchev–Trinajstić information content (AvgIpc) is 2.54. The highest BCUT2D eigenvalue weighted by Gasteiger charge is 2.49. The maximum Gasteiger partial charge on any atom is 0.0681 e. The Hall–Kier alpha value is -0.570. The van der Waals surface area contributed by atoms with E-state index in [0.29, 0.717) is 5.92 Å². The van der Waals surface area contributed by atoms with Crippen molar-refractivity contribution in [1.29, 1.82) is 0 Å². The SMILES string of the molecule is CNC(c1cccc(Cl)c1C)C1CC(C)(C)OC1(C)C. The van der Waals surface area contributed by atoms with Crippen molar-refractivity contribution >= 4 is 11.6 Å². The van der Waals surface area contributed by atoms with Crippen molar-refractivity contribution in [1.82, 2.24) is 5.32 Å². The van der Waals surface area contributed by atoms with Crippen LogP contribution in [0.4, 0.5) is 0 Å². The lowest BCUT2D eigenvalue weighted by Crippen LogP contribution is -2.37. The number of hydrogen-bond donors (Lipinski definition) is 1. The number of rotatable bonds is 3. The van der Waals surface area contributed by atoms with Gasteiger partial charge in [-0.2, -0.15) is 0 Å². The minimum Gasteiger partial charge on any atom is -0.369 e. The number of nitrogens with one attached hydrogen (secondary N) is 1. The highest BCUT2D eigenvalue weighted by atomic mass is 35.5. The fraction of sp³-hybridized carbons (Fsp3) is 0.647. The van der Waals surface area contributed by atoms with Gasteiger partial charge in [-0.15, -0.1) is 0 Å². The second-order valence-electron chi connectivity index (χ2n) is 7.00. The van der Waals surface area contributed by atoms with E-state index in [1.807, 2.05) is 19.2 Å². The fourth-order valence-corrected chi connectivity index (χ4v) is 3.84. The molecule has 1 aromatic carbocycles. The van der Waals surface area contributed by atoms with Crippen molar-refractivity contribution in [3.63, 3.8) is 0 Å². The predicted octanol–water partition coefficient (Wildman–Crippen LogP) is 4.50. The van der Waals surface area contributed by atoms with E-state index in [1.165, 1.54) is 5.56 Å². The summed E-state index contributed by atoms with van der Waals surface area (Å²) in [5.74, 6) is 0.416. The quantitative estimate of drug-likeness (QED) is 0.886. The normalized spacial score (nSPS) is 25.6. The van der Waals surface area contributed by atoms with Crippen LogP contribution in [0.1, 0.15) is 51.3 Å². The third kappa shape index (κ3) is 2.88. The molecule has 1 fully saturated rings. The van der Waals surface area contributed by atoms with Gasteiger partial charge in [-0.05, 0) is 65.3 Å². The largest absolute Gasteiger partial charge is 0.369 e. The minimum atomic E-state index is -0.147. The van der Waals surface area contributed by atoms with Crippen LogP contribution in [0.15, 0.2) is 18.2 Å². The Bertz CT molecular complexity index is 496. The van der Waals surface area contributed by atoms with Crippen molar-refractivity contribution in [2.24, 2.45) is 5.92 Å². The Labute approximate surface area is 127 Å². The van der Waals surface area contributed by atoms with Crippen LogP contribution in [0.3, 0.4) is 0 Å². The van der Waals surface area contributed by atoms with Crippen LogP contribution in [0.25, 0.3) is 0 Å². The summed E-state index contributed by atoms with van der Waals surface area (Å²) in [7, 11) is 2.02. The number of hydrogen-bond acceptors (Lipinski definition) is 2. The standard InChI is InChI=1S/C17H26ClNO/c1-11-12(8-7-9-14(11)18)15(19-6)13-10-16(2,3)20-17(13,4)5/h7-9,13,15,19H,10H2,1-6H3. The summed E-state index contributed by atoms with van der Waals surface area (Å²) in [4.78, 5) is 0. The van der Waals surface area contributed by atoms with Gasteiger partial charge in [-0.1, -0.05) is 23.7 Å². The van der Waals surface area contributed by atoms with Gasteiger partial charge in [0.15, 0.2) is 0 Å². The molecule has 1 aliphatic rings. The summed E-state index contributed by atoms with van der Waals surface area (Å²) in [6.45, 7) is 10.8. The van der Waals surface area contributed by atoms with Crippen LogP contribution in [-0.2, 0) is 4.74 Å². The van der Waals surface area contributed by atoms with Gasteiger partial charge in [-0.25, -0.2) is 0 Å². The van der Waals surface area contributed by atoms with Gasteiger partial charge in [0.05, 0.1) is 11.2 Å². The van der Waals surface area contributed by atoms with Gasteiger partial charge in [0.1, 0.15) is 0 Å². The Morgan fingerprint density at radius 3 is 2.45 bits per heavy atom. The summed E-state index contributed by atoms with van der Waals surface area (Å²) < 4.78 is 6.25. The van der Waals surface area contributed by atoms with E-state index in [1.54, 1.807) is 0 Å². The highest BCUT2D eigenvalue weighted by molar-refractivity contribution is 6.31. The third-order valence-electron chi connectivity index (χ3n) is 4.50. The zero-order valence-electron chi connectivity index (χ0n) is 13.4. The van der Waals surface area contributed by atoms with Gasteiger partial charge in [-0.3, -0.25) is 0 Å². The molecule has 3 heteroatoms. The average molecular weight is 296 g/mol. The monoisotopic (exact) mass is 295 g/mol. The first-order valence-corrected chi connectivity index (χ1v) is 7.68. The molecule has 0 spiro atoms. The summed E-state index contributed by atoms with van der Waals surface area (Å²) >= 11 is 6.29. The number of halogens is 1. The van der Waals surface area contributed by atoms with E-state index in [0.717, 1.165) is 17.0 Å². The van der Waals surface area contributed by atoms with Crippen molar-refractivity contribution in [3.8, 4) is 0 Å². The number of benzene rings is 1. The van der Waals surface area contributed by atoms with Gasteiger partial charge in [0.25, 0.3) is 0 Å². The van der Waals surface area contributed by atoms with Crippen LogP contribution in [-0.4, -0.2) is 18.2 Å². The molecule has 0 aromatic heterocycles. The molecule has 1 aromatic rings. The van der Waals surface area contributed by atoms with E-state index >= 15 is 0 Å². The van der Waals surface area contributed by atoms with Crippen molar-refractivity contribution in [2.45, 2.75) is 58.3 Å². The lowest BCUT2D eigenvalue weighted by atomic mass is 9.78. The fourth-order valence-electron chi connectivity index (χ4n) is 3.66. The molecule has 20 heavy (non-hydrogen) atoms. The van der Waals surface area contributed by atoms with Crippen LogP contribution in [0.2, 0.25) is 5.02 Å². The highest BCUT2D eigenvalue weighted by Crippen LogP contribution is 2.48. The molecule has 1 saturated heterocycles. The molecule has 1 N–H and O–H groups in total. The Morgan fingerprint density at radius 1 is 1.30 bits per heavy atom. The van der Waals surface area contributed by atoms with E-state index in [4.69, 9.17) is 16.3 Å². The molecule has 2 rings (SSSR count). The molecular formula is C17H26ClNO. The molecule has 0 bridgehead atoms. The Balaban J connectivity index is 2.40. The molecule has 112 valence electrons. The van der Waals surface area contributed by atoms with Gasteiger partial charge in [0, 0.05) is 17.0 Å². The van der Waals surface area contributed by atoms with Crippen molar-refractivity contribution < 1.29 is 4.74 Å². The first-order valence-electron chi connectivity index (χ1n) is 7.30. The van der Waals surface area contributed by atoms with E-state index in [9.17, 15) is 0 Å². The van der Waals surface area contributed by atoms with E-state index in [-0.39, 0.29) is 17.2 Å². The van der Waals surface area contributed by atoms with E-state index < -0.39 is 0 Å². The summed E-state index contributed by atoms with van der Waals surface area (Å²) in [5, 5.41) is 4.32. The van der Waals surface area contributed by atoms with Gasteiger partial charge >= 0.3 is 0 Å². The molecule has 1 heterocycles. The second-order valence-corrected chi connectivity index (χ2v) is 7.40. The first-order chi connectivity index (χ1) is 9.18. The Kier molecular flexibility index (Phi) is 4.21. The summed E-state index contributed by atoms with van der Waals surface area (Å²) in [6, 6.07) is 6.41. The van der Waals surface area contributed by atoms with Crippen molar-refractivity contribution in [3.05, 3.63) is 34.3 Å². The smallest absolute Gasteiger partial charge is 0.0681 e. The van der Waals surface area contributed by atoms with Crippen LogP contribution in [0.5, 0.6) is 0 Å². The second kappa shape index (κ2) is 5.32. The van der Waals surface area contributed by atoms with Crippen LogP contribution in [0, 0.1) is 12.8 Å². The molecule has 0 aliphatic carbocycles. The third-order valence-corrected chi connectivity index (χ3v) is 4.91. The summed E-state index contributed by atoms with van der Waals surface area (Å²) in [5.41, 5.74) is 2.22. The van der Waals surface area contributed by atoms with Crippen LogP contribution < -0.4 is 5.32 Å². The first kappa shape index (κ1) is 15.8. The minimum absolute atomic E-state index is 0.0737. The lowest BCUT2D eigenvalue weighted by molar-refractivity contribution is -0.0776. The molecule has 2 atom stereocenters. The molecule has 0 radical (unpaired) electrons. The maximum atomic E-state index is 6.29. The Morgan fingerprint density at radius 2 is 1.95 bits per heavy atom. The molecule has 0 amide bonds. The molecule has 2 nitrogen and oxygen atoms in total. The predicted molar refractivity (Wildman–Crippen MR) is 85.3 cm³/mol.